The number of nitrogens with zero attached hydrogens (tertiary/aromatic N) is 1. The van der Waals surface area contributed by atoms with Gasteiger partial charge in [-0.25, -0.2) is 4.39 Å². The molecule has 3 N–H and O–H groups in total. The lowest BCUT2D eigenvalue weighted by atomic mass is 9.73. The average Bonchev–Trinajstić information content (AvgIpc) is 2.48. The summed E-state index contributed by atoms with van der Waals surface area (Å²) in [7, 11) is 4.20. The van der Waals surface area contributed by atoms with Crippen molar-refractivity contribution in [2.75, 3.05) is 14.1 Å². The average molecular weight is 314 g/mol. The Morgan fingerprint density at radius 1 is 1.33 bits per heavy atom. The summed E-state index contributed by atoms with van der Waals surface area (Å²) in [6.45, 7) is 0. The molecule has 2 rings (SSSR count). The number of rotatable bonds is 5. The zero-order valence-electron chi connectivity index (χ0n) is 12.8. The predicted octanol–water partition coefficient (Wildman–Crippen LogP) is 3.12. The Morgan fingerprint density at radius 2 is 2.00 bits per heavy atom. The van der Waals surface area contributed by atoms with E-state index in [1.54, 1.807) is 6.07 Å². The van der Waals surface area contributed by atoms with Crippen LogP contribution in [0.5, 0.6) is 0 Å². The van der Waals surface area contributed by atoms with Crippen molar-refractivity contribution in [2.45, 2.75) is 50.1 Å². The lowest BCUT2D eigenvalue weighted by Gasteiger charge is -2.48. The van der Waals surface area contributed by atoms with Gasteiger partial charge in [-0.3, -0.25) is 11.3 Å². The van der Waals surface area contributed by atoms with Crippen LogP contribution in [-0.4, -0.2) is 30.6 Å². The molecule has 118 valence electrons. The Bertz CT molecular complexity index is 473. The van der Waals surface area contributed by atoms with E-state index in [9.17, 15) is 4.39 Å². The van der Waals surface area contributed by atoms with E-state index in [0.29, 0.717) is 11.4 Å². The summed E-state index contributed by atoms with van der Waals surface area (Å²) in [6.07, 6.45) is 6.50. The topological polar surface area (TPSA) is 41.3 Å². The summed E-state index contributed by atoms with van der Waals surface area (Å²) in [5, 5.41) is 0.598. The van der Waals surface area contributed by atoms with Gasteiger partial charge in [0.2, 0.25) is 0 Å². The van der Waals surface area contributed by atoms with Gasteiger partial charge in [-0.1, -0.05) is 30.9 Å². The minimum absolute atomic E-state index is 0.00263. The van der Waals surface area contributed by atoms with Gasteiger partial charge in [0.25, 0.3) is 0 Å². The molecular weight excluding hydrogens is 289 g/mol. The van der Waals surface area contributed by atoms with Crippen LogP contribution in [0.4, 0.5) is 4.39 Å². The monoisotopic (exact) mass is 313 g/mol. The van der Waals surface area contributed by atoms with Crippen molar-refractivity contribution in [1.29, 1.82) is 0 Å². The lowest BCUT2D eigenvalue weighted by Crippen LogP contribution is -2.62. The van der Waals surface area contributed by atoms with Crippen LogP contribution in [0.15, 0.2) is 18.2 Å². The smallest absolute Gasteiger partial charge is 0.123 e. The van der Waals surface area contributed by atoms with Gasteiger partial charge in [-0.15, -0.1) is 0 Å². The van der Waals surface area contributed by atoms with E-state index in [-0.39, 0.29) is 17.4 Å². The predicted molar refractivity (Wildman–Crippen MR) is 85.7 cm³/mol. The highest BCUT2D eigenvalue weighted by atomic mass is 35.5. The van der Waals surface area contributed by atoms with Crippen LogP contribution < -0.4 is 11.3 Å². The maximum absolute atomic E-state index is 13.5. The molecule has 0 bridgehead atoms. The first-order valence-corrected chi connectivity index (χ1v) is 7.95. The SMILES string of the molecule is CN(C)C1(C(Cc2cc(F)ccc2Cl)NN)CCCCC1. The van der Waals surface area contributed by atoms with Crippen LogP contribution in [0, 0.1) is 5.82 Å². The third-order valence-electron chi connectivity index (χ3n) is 4.89. The molecule has 0 heterocycles. The van der Waals surface area contributed by atoms with E-state index in [4.69, 9.17) is 17.4 Å². The Morgan fingerprint density at radius 3 is 2.57 bits per heavy atom. The molecule has 1 aromatic carbocycles. The summed E-state index contributed by atoms with van der Waals surface area (Å²) in [6, 6.07) is 4.56. The third kappa shape index (κ3) is 3.57. The largest absolute Gasteiger partial charge is 0.302 e. The molecule has 0 aromatic heterocycles. The van der Waals surface area contributed by atoms with Gasteiger partial charge in [0, 0.05) is 16.6 Å². The van der Waals surface area contributed by atoms with E-state index >= 15 is 0 Å². The molecule has 0 radical (unpaired) electrons. The standard InChI is InChI=1S/C16H25ClFN3/c1-21(2)16(8-4-3-5-9-16)15(20-19)11-12-10-13(18)6-7-14(12)17/h6-7,10,15,20H,3-5,8-9,11,19H2,1-2H3. The Hall–Kier alpha value is -0.680. The van der Waals surface area contributed by atoms with Crippen LogP contribution in [0.3, 0.4) is 0 Å². The van der Waals surface area contributed by atoms with E-state index in [2.05, 4.69) is 24.4 Å². The first-order chi connectivity index (χ1) is 9.99. The molecule has 3 nitrogen and oxygen atoms in total. The highest BCUT2D eigenvalue weighted by Crippen LogP contribution is 2.36. The zero-order valence-corrected chi connectivity index (χ0v) is 13.6. The fraction of sp³-hybridized carbons (Fsp3) is 0.625. The molecule has 1 saturated carbocycles. The number of halogens is 2. The molecule has 21 heavy (non-hydrogen) atoms. The second kappa shape index (κ2) is 7.05. The van der Waals surface area contributed by atoms with E-state index in [0.717, 1.165) is 18.4 Å². The van der Waals surface area contributed by atoms with Crippen LogP contribution in [0.1, 0.15) is 37.7 Å². The van der Waals surface area contributed by atoms with Gasteiger partial charge in [-0.05, 0) is 57.1 Å². The first-order valence-electron chi connectivity index (χ1n) is 7.57. The number of nitrogens with one attached hydrogen (secondary N) is 1. The third-order valence-corrected chi connectivity index (χ3v) is 5.26. The number of hydrazine groups is 1. The van der Waals surface area contributed by atoms with Crippen LogP contribution in [0.2, 0.25) is 5.02 Å². The summed E-state index contributed by atoms with van der Waals surface area (Å²) in [4.78, 5) is 2.27. The highest BCUT2D eigenvalue weighted by molar-refractivity contribution is 6.31. The minimum Gasteiger partial charge on any atom is -0.302 e. The van der Waals surface area contributed by atoms with Crippen molar-refractivity contribution >= 4 is 11.6 Å². The van der Waals surface area contributed by atoms with Crippen molar-refractivity contribution in [3.8, 4) is 0 Å². The number of nitrogens with two attached hydrogens (primary N) is 1. The van der Waals surface area contributed by atoms with Crippen molar-refractivity contribution in [2.24, 2.45) is 5.84 Å². The van der Waals surface area contributed by atoms with Gasteiger partial charge < -0.3 is 4.90 Å². The van der Waals surface area contributed by atoms with E-state index < -0.39 is 0 Å². The van der Waals surface area contributed by atoms with Gasteiger partial charge in [0.15, 0.2) is 0 Å². The molecule has 0 aliphatic heterocycles. The van der Waals surface area contributed by atoms with Gasteiger partial charge in [0.1, 0.15) is 5.82 Å². The number of benzene rings is 1. The summed E-state index contributed by atoms with van der Waals surface area (Å²) >= 11 is 6.21. The fourth-order valence-electron chi connectivity index (χ4n) is 3.60. The highest BCUT2D eigenvalue weighted by Gasteiger charge is 2.41. The van der Waals surface area contributed by atoms with Gasteiger partial charge in [0.05, 0.1) is 0 Å². The Kier molecular flexibility index (Phi) is 5.60. The van der Waals surface area contributed by atoms with Crippen molar-refractivity contribution < 1.29 is 4.39 Å². The quantitative estimate of drug-likeness (QED) is 0.648. The van der Waals surface area contributed by atoms with Crippen molar-refractivity contribution in [1.82, 2.24) is 10.3 Å². The molecular formula is C16H25ClFN3. The van der Waals surface area contributed by atoms with Crippen LogP contribution >= 0.6 is 11.6 Å². The first kappa shape index (κ1) is 16.7. The second-order valence-corrected chi connectivity index (χ2v) is 6.62. The van der Waals surface area contributed by atoms with Gasteiger partial charge >= 0.3 is 0 Å². The van der Waals surface area contributed by atoms with Crippen molar-refractivity contribution in [3.05, 3.63) is 34.6 Å². The number of hydrogen-bond donors (Lipinski definition) is 2. The molecule has 5 heteroatoms. The van der Waals surface area contributed by atoms with E-state index in [1.807, 2.05) is 0 Å². The Labute approximate surface area is 131 Å². The lowest BCUT2D eigenvalue weighted by molar-refractivity contribution is 0.0568. The molecule has 0 amide bonds. The molecule has 1 aromatic rings. The maximum Gasteiger partial charge on any atom is 0.123 e. The van der Waals surface area contributed by atoms with Gasteiger partial charge in [-0.2, -0.15) is 0 Å². The Balaban J connectivity index is 2.26. The fourth-order valence-corrected chi connectivity index (χ4v) is 3.79. The van der Waals surface area contributed by atoms with Crippen LogP contribution in [0.25, 0.3) is 0 Å². The molecule has 0 saturated heterocycles. The minimum atomic E-state index is -0.257. The second-order valence-electron chi connectivity index (χ2n) is 6.22. The molecule has 1 aliphatic rings. The molecule has 1 unspecified atom stereocenters. The zero-order chi connectivity index (χ0) is 15.5. The molecule has 1 atom stereocenters. The van der Waals surface area contributed by atoms with Crippen molar-refractivity contribution in [3.63, 3.8) is 0 Å². The molecule has 1 fully saturated rings. The normalized spacial score (nSPS) is 19.7. The summed E-state index contributed by atoms with van der Waals surface area (Å²) < 4.78 is 13.5. The number of likely N-dealkylation sites (N-methyl/N-ethyl adjacent to an activating group) is 1. The summed E-state index contributed by atoms with van der Waals surface area (Å²) in [5.41, 5.74) is 3.78. The molecule has 1 aliphatic carbocycles. The van der Waals surface area contributed by atoms with E-state index in [1.165, 1.54) is 31.4 Å². The molecule has 0 spiro atoms. The maximum atomic E-state index is 13.5. The van der Waals surface area contributed by atoms with Crippen LogP contribution in [-0.2, 0) is 6.42 Å². The number of hydrogen-bond acceptors (Lipinski definition) is 3. The summed E-state index contributed by atoms with van der Waals surface area (Å²) in [5.74, 6) is 5.59.